The van der Waals surface area contributed by atoms with E-state index in [4.69, 9.17) is 5.73 Å². The van der Waals surface area contributed by atoms with Gasteiger partial charge in [-0.05, 0) is 57.7 Å². The highest BCUT2D eigenvalue weighted by Crippen LogP contribution is 2.28. The van der Waals surface area contributed by atoms with Crippen LogP contribution in [0.4, 0.5) is 5.69 Å². The maximum Gasteiger partial charge on any atom is 0.329 e. The minimum Gasteiger partial charge on any atom is -0.328 e. The number of fused-ring (bicyclic) bond motifs is 1. The van der Waals surface area contributed by atoms with Gasteiger partial charge in [0.15, 0.2) is 0 Å². The minimum atomic E-state index is -0.0105. The van der Waals surface area contributed by atoms with Crippen molar-refractivity contribution in [2.45, 2.75) is 59.2 Å². The zero-order valence-corrected chi connectivity index (χ0v) is 14.6. The maximum absolute atomic E-state index is 12.5. The summed E-state index contributed by atoms with van der Waals surface area (Å²) in [6.45, 7) is 7.13. The second kappa shape index (κ2) is 6.43. The van der Waals surface area contributed by atoms with Crippen molar-refractivity contribution < 1.29 is 4.79 Å². The van der Waals surface area contributed by atoms with Gasteiger partial charge in [0.1, 0.15) is 0 Å². The largest absolute Gasteiger partial charge is 0.329 e. The van der Waals surface area contributed by atoms with Crippen LogP contribution in [0.5, 0.6) is 0 Å². The van der Waals surface area contributed by atoms with E-state index in [-0.39, 0.29) is 23.6 Å². The summed E-state index contributed by atoms with van der Waals surface area (Å²) in [6, 6.07) is 4.05. The monoisotopic (exact) mass is 330 g/mol. The molecule has 0 aliphatic heterocycles. The molecule has 1 saturated carbocycles. The number of nitrogens with one attached hydrogen (secondary N) is 1. The van der Waals surface area contributed by atoms with Crippen molar-refractivity contribution in [1.29, 1.82) is 0 Å². The van der Waals surface area contributed by atoms with Gasteiger partial charge in [0.25, 0.3) is 0 Å². The van der Waals surface area contributed by atoms with Crippen molar-refractivity contribution in [3.8, 4) is 0 Å². The van der Waals surface area contributed by atoms with Crippen LogP contribution >= 0.6 is 0 Å². The molecule has 1 heterocycles. The lowest BCUT2D eigenvalue weighted by Crippen LogP contribution is -2.23. The summed E-state index contributed by atoms with van der Waals surface area (Å²) < 4.78 is 3.52. The molecule has 6 nitrogen and oxygen atoms in total. The van der Waals surface area contributed by atoms with Gasteiger partial charge in [0, 0.05) is 30.7 Å². The van der Waals surface area contributed by atoms with E-state index < -0.39 is 0 Å². The van der Waals surface area contributed by atoms with Crippen LogP contribution in [0.25, 0.3) is 11.0 Å². The second-order valence-corrected chi connectivity index (χ2v) is 6.69. The predicted molar refractivity (Wildman–Crippen MR) is 96.2 cm³/mol. The van der Waals surface area contributed by atoms with Crippen LogP contribution in [-0.4, -0.2) is 21.1 Å². The lowest BCUT2D eigenvalue weighted by molar-refractivity contribution is -0.119. The van der Waals surface area contributed by atoms with Gasteiger partial charge < -0.3 is 11.1 Å². The van der Waals surface area contributed by atoms with Gasteiger partial charge in [0.2, 0.25) is 5.91 Å². The molecule has 6 heteroatoms. The second-order valence-electron chi connectivity index (χ2n) is 6.69. The fourth-order valence-electron chi connectivity index (χ4n) is 3.70. The van der Waals surface area contributed by atoms with Gasteiger partial charge in [-0.2, -0.15) is 0 Å². The number of amides is 1. The summed E-state index contributed by atoms with van der Waals surface area (Å²) in [7, 11) is 0. The number of benzene rings is 1. The zero-order chi connectivity index (χ0) is 17.4. The van der Waals surface area contributed by atoms with E-state index in [1.165, 1.54) is 0 Å². The van der Waals surface area contributed by atoms with Gasteiger partial charge in [-0.3, -0.25) is 13.9 Å². The highest BCUT2D eigenvalue weighted by molar-refractivity contribution is 5.96. The van der Waals surface area contributed by atoms with Crippen LogP contribution in [0.2, 0.25) is 0 Å². The first-order valence-corrected chi connectivity index (χ1v) is 8.76. The van der Waals surface area contributed by atoms with Crippen LogP contribution < -0.4 is 16.7 Å². The highest BCUT2D eigenvalue weighted by atomic mass is 16.2. The van der Waals surface area contributed by atoms with E-state index in [0.717, 1.165) is 41.5 Å². The van der Waals surface area contributed by atoms with E-state index in [0.29, 0.717) is 13.1 Å². The Morgan fingerprint density at radius 1 is 1.21 bits per heavy atom. The Hall–Kier alpha value is -2.08. The van der Waals surface area contributed by atoms with E-state index >= 15 is 0 Å². The molecule has 1 aromatic carbocycles. The lowest BCUT2D eigenvalue weighted by atomic mass is 10.1. The highest BCUT2D eigenvalue weighted by Gasteiger charge is 2.28. The van der Waals surface area contributed by atoms with Crippen LogP contribution in [-0.2, 0) is 17.9 Å². The molecule has 1 aliphatic rings. The number of hydrogen-bond donors (Lipinski definition) is 2. The summed E-state index contributed by atoms with van der Waals surface area (Å²) >= 11 is 0. The number of anilines is 1. The number of nitrogens with zero attached hydrogens (tertiary/aromatic N) is 2. The fourth-order valence-corrected chi connectivity index (χ4v) is 3.70. The van der Waals surface area contributed by atoms with Crippen molar-refractivity contribution in [3.05, 3.63) is 28.2 Å². The molecular formula is C18H26N4O2. The Labute approximate surface area is 141 Å². The number of imidazole rings is 1. The smallest absolute Gasteiger partial charge is 0.328 e. The molecule has 1 aromatic heterocycles. The first kappa shape index (κ1) is 16.8. The molecule has 0 saturated heterocycles. The first-order valence-electron chi connectivity index (χ1n) is 8.76. The third-order valence-electron chi connectivity index (χ3n) is 5.10. The third-order valence-corrected chi connectivity index (χ3v) is 5.10. The van der Waals surface area contributed by atoms with Crippen LogP contribution in [0.3, 0.4) is 0 Å². The number of aromatic nitrogens is 2. The van der Waals surface area contributed by atoms with Crippen molar-refractivity contribution in [3.63, 3.8) is 0 Å². The van der Waals surface area contributed by atoms with E-state index in [9.17, 15) is 9.59 Å². The summed E-state index contributed by atoms with van der Waals surface area (Å²) in [5.41, 5.74) is 9.45. The SMILES string of the molecule is CCn1c(=O)n(CC)c2cc(NC(=O)[C@@H]3CC[C@H](N)C3)c(C)cc21. The van der Waals surface area contributed by atoms with Crippen LogP contribution in [0, 0.1) is 12.8 Å². The number of rotatable bonds is 4. The molecule has 2 aromatic rings. The Kier molecular flexibility index (Phi) is 4.49. The third kappa shape index (κ3) is 2.75. The standard InChI is InChI=1S/C18H26N4O2/c1-4-21-15-8-11(3)14(10-16(15)22(5-2)18(21)24)20-17(23)12-6-7-13(19)9-12/h8,10,12-13H,4-7,9,19H2,1-3H3,(H,20,23)/t12-,13+/m1/s1. The fraction of sp³-hybridized carbons (Fsp3) is 0.556. The zero-order valence-electron chi connectivity index (χ0n) is 14.6. The Morgan fingerprint density at radius 3 is 2.38 bits per heavy atom. The number of carbonyl (C=O) groups excluding carboxylic acids is 1. The molecule has 0 unspecified atom stereocenters. The summed E-state index contributed by atoms with van der Waals surface area (Å²) in [6.07, 6.45) is 2.50. The summed E-state index contributed by atoms with van der Waals surface area (Å²) in [5.74, 6) is 0.0226. The molecule has 1 fully saturated rings. The number of nitrogens with two attached hydrogens (primary N) is 1. The van der Waals surface area contributed by atoms with Gasteiger partial charge >= 0.3 is 5.69 Å². The summed E-state index contributed by atoms with van der Waals surface area (Å²) in [4.78, 5) is 25.0. The first-order chi connectivity index (χ1) is 11.5. The number of hydrogen-bond acceptors (Lipinski definition) is 3. The minimum absolute atomic E-state index is 0.000331. The van der Waals surface area contributed by atoms with E-state index in [1.807, 2.05) is 32.9 Å². The van der Waals surface area contributed by atoms with Gasteiger partial charge in [0.05, 0.1) is 11.0 Å². The number of carbonyl (C=O) groups is 1. The maximum atomic E-state index is 12.5. The van der Waals surface area contributed by atoms with Gasteiger partial charge in [-0.15, -0.1) is 0 Å². The average molecular weight is 330 g/mol. The molecule has 2 atom stereocenters. The van der Waals surface area contributed by atoms with Crippen molar-refractivity contribution in [2.24, 2.45) is 11.7 Å². The van der Waals surface area contributed by atoms with Crippen molar-refractivity contribution in [1.82, 2.24) is 9.13 Å². The predicted octanol–water partition coefficient (Wildman–Crippen LogP) is 2.22. The molecule has 3 rings (SSSR count). The summed E-state index contributed by atoms with van der Waals surface area (Å²) in [5, 5.41) is 3.04. The van der Waals surface area contributed by atoms with E-state index in [2.05, 4.69) is 5.32 Å². The Morgan fingerprint density at radius 2 is 1.83 bits per heavy atom. The molecule has 0 bridgehead atoms. The molecule has 24 heavy (non-hydrogen) atoms. The van der Waals surface area contributed by atoms with E-state index in [1.54, 1.807) is 9.13 Å². The van der Waals surface area contributed by atoms with Gasteiger partial charge in [-0.1, -0.05) is 0 Å². The molecule has 1 aliphatic carbocycles. The molecule has 0 spiro atoms. The molecular weight excluding hydrogens is 304 g/mol. The van der Waals surface area contributed by atoms with Crippen LogP contribution in [0.15, 0.2) is 16.9 Å². The normalized spacial score (nSPS) is 20.7. The molecule has 1 amide bonds. The van der Waals surface area contributed by atoms with Gasteiger partial charge in [-0.25, -0.2) is 4.79 Å². The molecule has 130 valence electrons. The molecule has 3 N–H and O–H groups in total. The van der Waals surface area contributed by atoms with Crippen molar-refractivity contribution >= 4 is 22.6 Å². The average Bonchev–Trinajstić information content (AvgIpc) is 3.08. The topological polar surface area (TPSA) is 82.0 Å². The number of aryl methyl sites for hydroxylation is 3. The molecule has 0 radical (unpaired) electrons. The lowest BCUT2D eigenvalue weighted by Gasteiger charge is -2.13. The quantitative estimate of drug-likeness (QED) is 0.902. The Balaban J connectivity index is 1.98. The van der Waals surface area contributed by atoms with Crippen molar-refractivity contribution in [2.75, 3.05) is 5.32 Å². The van der Waals surface area contributed by atoms with Crippen LogP contribution in [0.1, 0.15) is 38.7 Å². The Bertz CT molecular complexity index is 834.